The number of morpholine rings is 1. The second kappa shape index (κ2) is 11.9. The predicted octanol–water partition coefficient (Wildman–Crippen LogP) is 2.30. The van der Waals surface area contributed by atoms with Gasteiger partial charge in [-0.2, -0.15) is 5.26 Å². The molecule has 0 unspecified atom stereocenters. The van der Waals surface area contributed by atoms with Crippen LogP contribution in [0.2, 0.25) is 0 Å². The summed E-state index contributed by atoms with van der Waals surface area (Å²) in [6.45, 7) is 7.21. The quantitative estimate of drug-likeness (QED) is 0.307. The first-order valence-electron chi connectivity index (χ1n) is 11.2. The molecule has 1 saturated heterocycles. The van der Waals surface area contributed by atoms with Gasteiger partial charge < -0.3 is 31.5 Å². The van der Waals surface area contributed by atoms with Crippen LogP contribution in [0, 0.1) is 11.3 Å². The molecule has 0 radical (unpaired) electrons. The molecule has 10 heteroatoms. The number of ether oxygens (including phenoxy) is 1. The summed E-state index contributed by atoms with van der Waals surface area (Å²) in [5.41, 5.74) is 3.45. The summed E-state index contributed by atoms with van der Waals surface area (Å²) >= 11 is 5.03. The Kier molecular flexibility index (Phi) is 8.69. The number of allylic oxidation sites excluding steroid dienone is 1. The molecule has 0 saturated carbocycles. The average Bonchev–Trinajstić information content (AvgIpc) is 3.52. The highest BCUT2D eigenvalue weighted by atomic mass is 79.9. The Bertz CT molecular complexity index is 1320. The number of thioether (sulfide) groups is 1. The fourth-order valence-electron chi connectivity index (χ4n) is 4.11. The first-order chi connectivity index (χ1) is 17.2. The van der Waals surface area contributed by atoms with Crippen molar-refractivity contribution in [1.82, 2.24) is 19.7 Å². The van der Waals surface area contributed by atoms with Gasteiger partial charge in [0.1, 0.15) is 16.7 Å². The monoisotopic (exact) mass is 625 g/mol. The van der Waals surface area contributed by atoms with Gasteiger partial charge in [0.2, 0.25) is 5.95 Å². The van der Waals surface area contributed by atoms with Gasteiger partial charge in [0.05, 0.1) is 24.6 Å². The zero-order valence-corrected chi connectivity index (χ0v) is 23.3. The fourth-order valence-corrected chi connectivity index (χ4v) is 5.42. The summed E-state index contributed by atoms with van der Waals surface area (Å²) in [6, 6.07) is 20.5. The van der Waals surface area contributed by atoms with Crippen LogP contribution in [0.1, 0.15) is 11.4 Å². The molecule has 2 aliphatic rings. The van der Waals surface area contributed by atoms with Gasteiger partial charge in [-0.25, -0.2) is 0 Å². The van der Waals surface area contributed by atoms with Gasteiger partial charge in [0.25, 0.3) is 0 Å². The maximum atomic E-state index is 10.4. The zero-order valence-electron chi connectivity index (χ0n) is 19.3. The van der Waals surface area contributed by atoms with Crippen molar-refractivity contribution in [3.05, 3.63) is 93.5 Å². The molecule has 7 nitrogen and oxygen atoms in total. The van der Waals surface area contributed by atoms with E-state index in [1.54, 1.807) is 0 Å². The van der Waals surface area contributed by atoms with Gasteiger partial charge in [-0.3, -0.25) is 4.57 Å². The largest absolute Gasteiger partial charge is 1.00 e. The molecular weight excluding hydrogens is 604 g/mol. The van der Waals surface area contributed by atoms with Gasteiger partial charge in [-0.15, -0.1) is 16.8 Å². The number of halogens is 2. The van der Waals surface area contributed by atoms with Crippen LogP contribution in [-0.2, 0) is 4.74 Å². The molecule has 0 aliphatic carbocycles. The Morgan fingerprint density at radius 2 is 1.83 bits per heavy atom. The zero-order chi connectivity index (χ0) is 24.2. The van der Waals surface area contributed by atoms with Crippen LogP contribution >= 0.6 is 27.7 Å². The van der Waals surface area contributed by atoms with E-state index in [-0.39, 0.29) is 17.0 Å². The van der Waals surface area contributed by atoms with E-state index in [1.165, 1.54) is 11.8 Å². The van der Waals surface area contributed by atoms with Crippen molar-refractivity contribution in [2.75, 3.05) is 37.7 Å². The molecule has 0 atom stereocenters. The minimum atomic E-state index is 0. The number of anilines is 1. The minimum absolute atomic E-state index is 0. The molecule has 0 amide bonds. The Balaban J connectivity index is 0.00000304. The number of nitriles is 1. The molecule has 3 aromatic rings. The average molecular weight is 627 g/mol. The lowest BCUT2D eigenvalue weighted by molar-refractivity contribution is -0.00000778. The van der Waals surface area contributed by atoms with E-state index in [4.69, 9.17) is 4.74 Å². The van der Waals surface area contributed by atoms with E-state index >= 15 is 0 Å². The van der Waals surface area contributed by atoms with Gasteiger partial charge >= 0.3 is 0 Å². The number of hydrogen-bond donors (Lipinski definition) is 0. The standard InChI is InChI=1S/C26H23BrN6OS.BrH/c1-2-12-32-23(19-8-10-20(27)11-9-19)18-35-25(32)22(17-28)24-29-30-26(31-13-15-34-16-14-31)33(24)21-6-4-3-5-7-21;/h2-11,18H,1,12-16H2;1H/p-1/b25-22-;. The summed E-state index contributed by atoms with van der Waals surface area (Å²) in [6.07, 6.45) is 1.84. The van der Waals surface area contributed by atoms with E-state index < -0.39 is 0 Å². The number of benzene rings is 2. The first-order valence-corrected chi connectivity index (χ1v) is 12.9. The minimum Gasteiger partial charge on any atom is -1.00 e. The predicted molar refractivity (Wildman–Crippen MR) is 144 cm³/mol. The number of para-hydroxylation sites is 1. The van der Waals surface area contributed by atoms with Gasteiger partial charge in [-0.05, 0) is 29.8 Å². The van der Waals surface area contributed by atoms with Crippen molar-refractivity contribution in [3.8, 4) is 11.8 Å². The molecule has 0 spiro atoms. The number of aromatic nitrogens is 3. The second-order valence-electron chi connectivity index (χ2n) is 7.91. The van der Waals surface area contributed by atoms with Crippen molar-refractivity contribution in [1.29, 1.82) is 5.26 Å². The summed E-state index contributed by atoms with van der Waals surface area (Å²) in [5, 5.41) is 22.4. The highest BCUT2D eigenvalue weighted by Gasteiger charge is 2.30. The summed E-state index contributed by atoms with van der Waals surface area (Å²) < 4.78 is 8.53. The third-order valence-electron chi connectivity index (χ3n) is 5.77. The van der Waals surface area contributed by atoms with E-state index in [2.05, 4.69) is 66.1 Å². The molecular formula is C26H23Br2N6OS-. The number of nitrogens with zero attached hydrogens (tertiary/aromatic N) is 6. The Hall–Kier alpha value is -2.84. The lowest BCUT2D eigenvalue weighted by atomic mass is 10.1. The second-order valence-corrected chi connectivity index (χ2v) is 9.69. The third kappa shape index (κ3) is 5.15. The molecule has 184 valence electrons. The lowest BCUT2D eigenvalue weighted by Gasteiger charge is -2.28. The lowest BCUT2D eigenvalue weighted by Crippen LogP contribution is -3.00. The first kappa shape index (κ1) is 26.2. The van der Waals surface area contributed by atoms with Crippen LogP contribution in [-0.4, -0.2) is 52.5 Å². The van der Waals surface area contributed by atoms with Crippen molar-refractivity contribution in [2.24, 2.45) is 0 Å². The molecule has 1 aromatic heterocycles. The highest BCUT2D eigenvalue weighted by Crippen LogP contribution is 2.43. The van der Waals surface area contributed by atoms with Gasteiger partial charge in [0, 0.05) is 29.5 Å². The van der Waals surface area contributed by atoms with Crippen LogP contribution in [0.5, 0.6) is 0 Å². The Labute approximate surface area is 233 Å². The van der Waals surface area contributed by atoms with Gasteiger partial charge in [0.15, 0.2) is 5.82 Å². The van der Waals surface area contributed by atoms with E-state index in [1.807, 2.05) is 53.1 Å². The molecule has 1 fully saturated rings. The van der Waals surface area contributed by atoms with Crippen molar-refractivity contribution < 1.29 is 21.7 Å². The van der Waals surface area contributed by atoms with Gasteiger partial charge in [-0.1, -0.05) is 64.1 Å². The Morgan fingerprint density at radius 1 is 1.11 bits per heavy atom. The molecule has 0 bridgehead atoms. The van der Waals surface area contributed by atoms with E-state index in [0.29, 0.717) is 37.1 Å². The van der Waals surface area contributed by atoms with E-state index in [9.17, 15) is 5.26 Å². The summed E-state index contributed by atoms with van der Waals surface area (Å²) in [4.78, 5) is 4.26. The SMILES string of the molecule is C=CCN1C(c2ccc(Br)cc2)=CS/C1=C(/C#N)c1nnc(N2CCOCC2)n1-c1ccccc1.[Br-]. The number of hydrogen-bond acceptors (Lipinski definition) is 7. The summed E-state index contributed by atoms with van der Waals surface area (Å²) in [7, 11) is 0. The van der Waals surface area contributed by atoms with Crippen LogP contribution in [0.15, 0.2) is 82.2 Å². The van der Waals surface area contributed by atoms with Crippen LogP contribution in [0.3, 0.4) is 0 Å². The molecule has 3 heterocycles. The smallest absolute Gasteiger partial charge is 0.232 e. The molecule has 36 heavy (non-hydrogen) atoms. The fraction of sp³-hybridized carbons (Fsp3) is 0.192. The van der Waals surface area contributed by atoms with Crippen LogP contribution in [0.25, 0.3) is 17.0 Å². The molecule has 0 N–H and O–H groups in total. The van der Waals surface area contributed by atoms with Crippen LogP contribution < -0.4 is 21.9 Å². The van der Waals surface area contributed by atoms with Crippen molar-refractivity contribution in [3.63, 3.8) is 0 Å². The highest BCUT2D eigenvalue weighted by molar-refractivity contribution is 9.10. The normalized spacial score (nSPS) is 16.7. The Morgan fingerprint density at radius 3 is 2.50 bits per heavy atom. The third-order valence-corrected chi connectivity index (χ3v) is 7.29. The maximum absolute atomic E-state index is 10.4. The van der Waals surface area contributed by atoms with Crippen molar-refractivity contribution >= 4 is 44.9 Å². The number of rotatable bonds is 6. The summed E-state index contributed by atoms with van der Waals surface area (Å²) in [5.74, 6) is 1.23. The molecule has 2 aromatic carbocycles. The molecule has 5 rings (SSSR count). The molecule has 2 aliphatic heterocycles. The topological polar surface area (TPSA) is 70.2 Å². The van der Waals surface area contributed by atoms with E-state index in [0.717, 1.165) is 39.5 Å². The van der Waals surface area contributed by atoms with Crippen molar-refractivity contribution in [2.45, 2.75) is 0 Å². The maximum Gasteiger partial charge on any atom is 0.232 e. The van der Waals surface area contributed by atoms with Crippen LogP contribution in [0.4, 0.5) is 5.95 Å².